The summed E-state index contributed by atoms with van der Waals surface area (Å²) in [6.45, 7) is 16.7. The van der Waals surface area contributed by atoms with Gasteiger partial charge in [-0.15, -0.1) is 0 Å². The van der Waals surface area contributed by atoms with Crippen LogP contribution in [0.15, 0.2) is 12.1 Å². The Hall–Kier alpha value is 0.600. The zero-order valence-electron chi connectivity index (χ0n) is 31.0. The first-order chi connectivity index (χ1) is 21.5. The number of rotatable bonds is 5. The maximum absolute atomic E-state index is 11.8. The van der Waals surface area contributed by atoms with Crippen molar-refractivity contribution in [3.8, 4) is 11.5 Å². The van der Waals surface area contributed by atoms with E-state index in [4.69, 9.17) is 13.1 Å². The molecule has 1 heterocycles. The van der Waals surface area contributed by atoms with Crippen molar-refractivity contribution in [3.05, 3.63) is 23.3 Å². The SMILES string of the molecule is CC1(C)CCC[C@]2(C)OC3CC[C@](C)(C4CC5CC[C@]6(C)c7c(OS(=O)(=O)[O-])ccc(OS(=O)(=O)[O-])c7CC6[C@]5(C)C4)[C@]3(C)CCC12.[Na+].[Na+]. The topological polar surface area (TPSA) is 142 Å². The molecule has 5 unspecified atom stereocenters. The van der Waals surface area contributed by atoms with Crippen LogP contribution in [0.25, 0.3) is 0 Å². The van der Waals surface area contributed by atoms with Gasteiger partial charge in [-0.1, -0.05) is 48.0 Å². The van der Waals surface area contributed by atoms with Gasteiger partial charge in [0.2, 0.25) is 0 Å². The van der Waals surface area contributed by atoms with Crippen molar-refractivity contribution in [3.63, 3.8) is 0 Å². The molecule has 4 saturated carbocycles. The monoisotopic (exact) mass is 738 g/mol. The Morgan fingerprint density at radius 1 is 0.735 bits per heavy atom. The Bertz CT molecular complexity index is 1700. The Labute approximate surface area is 338 Å². The van der Waals surface area contributed by atoms with Crippen LogP contribution < -0.4 is 67.5 Å². The van der Waals surface area contributed by atoms with Crippen LogP contribution in [0.3, 0.4) is 0 Å². The minimum absolute atomic E-state index is 0. The molecule has 9 nitrogen and oxygen atoms in total. The summed E-state index contributed by atoms with van der Waals surface area (Å²) in [4.78, 5) is 0. The van der Waals surface area contributed by atoms with E-state index < -0.39 is 26.2 Å². The summed E-state index contributed by atoms with van der Waals surface area (Å²) >= 11 is 0. The Balaban J connectivity index is 0.00000234. The predicted molar refractivity (Wildman–Crippen MR) is 174 cm³/mol. The van der Waals surface area contributed by atoms with E-state index in [0.717, 1.165) is 51.4 Å². The molecule has 5 aliphatic carbocycles. The molecular weight excluding hydrogens is 687 g/mol. The van der Waals surface area contributed by atoms with Gasteiger partial charge in [0.05, 0.1) is 11.7 Å². The normalized spacial score (nSPS) is 43.7. The summed E-state index contributed by atoms with van der Waals surface area (Å²) < 4.78 is 87.7. The smallest absolute Gasteiger partial charge is 0.716 e. The molecule has 0 amide bonds. The Morgan fingerprint density at radius 3 is 2.00 bits per heavy atom. The van der Waals surface area contributed by atoms with E-state index >= 15 is 0 Å². The van der Waals surface area contributed by atoms with Crippen molar-refractivity contribution in [1.29, 1.82) is 0 Å². The van der Waals surface area contributed by atoms with Crippen LogP contribution in [0.2, 0.25) is 0 Å². The maximum atomic E-state index is 11.8. The second kappa shape index (κ2) is 12.8. The van der Waals surface area contributed by atoms with Gasteiger partial charge >= 0.3 is 59.1 Å². The summed E-state index contributed by atoms with van der Waals surface area (Å²) in [5.41, 5.74) is 0.528. The number of hydrogen-bond acceptors (Lipinski definition) is 9. The fourth-order valence-electron chi connectivity index (χ4n) is 13.3. The number of benzene rings is 1. The summed E-state index contributed by atoms with van der Waals surface area (Å²) in [5, 5.41) is 0. The number of hydrogen-bond donors (Lipinski definition) is 0. The average molecular weight is 739 g/mol. The molecule has 0 N–H and O–H groups in total. The zero-order valence-corrected chi connectivity index (χ0v) is 36.7. The van der Waals surface area contributed by atoms with Gasteiger partial charge in [-0.25, -0.2) is 16.8 Å². The second-order valence-corrected chi connectivity index (χ2v) is 20.1. The molecule has 5 fully saturated rings. The van der Waals surface area contributed by atoms with Crippen LogP contribution in [0.5, 0.6) is 11.5 Å². The molecule has 0 radical (unpaired) electrons. The van der Waals surface area contributed by atoms with Crippen molar-refractivity contribution in [1.82, 2.24) is 0 Å². The van der Waals surface area contributed by atoms with E-state index in [1.807, 2.05) is 0 Å². The van der Waals surface area contributed by atoms with Crippen molar-refractivity contribution >= 4 is 20.8 Å². The van der Waals surface area contributed by atoms with Crippen LogP contribution in [0, 0.1) is 45.3 Å². The zero-order chi connectivity index (χ0) is 34.2. The molecule has 0 bridgehead atoms. The summed E-state index contributed by atoms with van der Waals surface area (Å²) in [6, 6.07) is 2.49. The first kappa shape index (κ1) is 40.8. The third kappa shape index (κ3) is 6.38. The summed E-state index contributed by atoms with van der Waals surface area (Å²) in [6.07, 6.45) is 12.6. The van der Waals surface area contributed by atoms with Gasteiger partial charge in [0.1, 0.15) is 11.5 Å². The van der Waals surface area contributed by atoms with Crippen LogP contribution in [-0.4, -0.2) is 37.6 Å². The first-order valence-corrected chi connectivity index (χ1v) is 20.4. The van der Waals surface area contributed by atoms with Crippen LogP contribution in [-0.2, 0) is 37.4 Å². The fourth-order valence-corrected chi connectivity index (χ4v) is 14.0. The number of ether oxygens (including phenoxy) is 1. The van der Waals surface area contributed by atoms with Gasteiger partial charge in [-0.05, 0) is 135 Å². The van der Waals surface area contributed by atoms with Crippen LogP contribution >= 0.6 is 0 Å². The van der Waals surface area contributed by atoms with E-state index in [2.05, 4.69) is 48.5 Å². The minimum Gasteiger partial charge on any atom is -0.716 e. The van der Waals surface area contributed by atoms with Gasteiger partial charge in [0, 0.05) is 16.5 Å². The van der Waals surface area contributed by atoms with Gasteiger partial charge < -0.3 is 22.2 Å². The Morgan fingerprint density at radius 2 is 1.35 bits per heavy atom. The largest absolute Gasteiger partial charge is 1.00 e. The maximum Gasteiger partial charge on any atom is 1.00 e. The first-order valence-electron chi connectivity index (χ1n) is 17.7. The molecule has 264 valence electrons. The van der Waals surface area contributed by atoms with Crippen molar-refractivity contribution < 1.29 is 98.2 Å². The molecule has 7 rings (SSSR count). The fraction of sp³-hybridized carbons (Fsp3) is 0.833. The summed E-state index contributed by atoms with van der Waals surface area (Å²) in [5.74, 6) is 1.26. The van der Waals surface area contributed by atoms with E-state index in [9.17, 15) is 25.9 Å². The van der Waals surface area contributed by atoms with E-state index in [-0.39, 0.29) is 110 Å². The van der Waals surface area contributed by atoms with Gasteiger partial charge in [-0.2, -0.15) is 0 Å². The van der Waals surface area contributed by atoms with Gasteiger partial charge in [0.25, 0.3) is 20.8 Å². The molecule has 1 saturated heterocycles. The van der Waals surface area contributed by atoms with Crippen molar-refractivity contribution in [2.24, 2.45) is 45.3 Å². The van der Waals surface area contributed by atoms with E-state index in [0.29, 0.717) is 35.3 Å². The van der Waals surface area contributed by atoms with Crippen molar-refractivity contribution in [2.75, 3.05) is 0 Å². The van der Waals surface area contributed by atoms with E-state index in [1.54, 1.807) is 0 Å². The van der Waals surface area contributed by atoms with Gasteiger partial charge in [0.15, 0.2) is 0 Å². The third-order valence-electron chi connectivity index (χ3n) is 15.7. The average Bonchev–Trinajstić information content (AvgIpc) is 3.50. The standard InChI is InChI=1S/C36H54O9S2.2Na/c1-31(2)14-8-15-36(7)27(31)12-17-35(6)29(43-36)13-18-34(35,5)23-19-22-11-16-32(3)28(33(22,4)21-23)20-24-25(44-46(37,38)39)9-10-26(30(24)32)45-47(40,41)42;;/h9-10,22-23,27-29H,8,11-21H2,1-7H3,(H,37,38,39)(H,40,41,42);;/q;2*+1/p-2/t22?,23?,27?,28?,29?,32-,33+,34+,35+,36-;;/m0../s1. The van der Waals surface area contributed by atoms with Crippen LogP contribution in [0.1, 0.15) is 130 Å². The molecule has 1 aromatic rings. The molecule has 6 aliphatic rings. The van der Waals surface area contributed by atoms with E-state index in [1.165, 1.54) is 31.4 Å². The Kier molecular flexibility index (Phi) is 10.7. The quantitative estimate of drug-likeness (QED) is 0.248. The summed E-state index contributed by atoms with van der Waals surface area (Å²) in [7, 11) is -10.2. The second-order valence-electron chi connectivity index (χ2n) is 18.2. The van der Waals surface area contributed by atoms with Crippen LogP contribution in [0.4, 0.5) is 0 Å². The molecule has 49 heavy (non-hydrogen) atoms. The molecule has 0 spiro atoms. The molecule has 10 atom stereocenters. The molecule has 1 aromatic carbocycles. The molecule has 0 aromatic heterocycles. The van der Waals surface area contributed by atoms with Crippen molar-refractivity contribution in [2.45, 2.75) is 143 Å². The third-order valence-corrected chi connectivity index (χ3v) is 16.5. The molecule has 1 aliphatic heterocycles. The van der Waals surface area contributed by atoms with Gasteiger partial charge in [-0.3, -0.25) is 0 Å². The minimum atomic E-state index is -5.10. The number of fused-ring (bicyclic) bond motifs is 7. The predicted octanol–water partition coefficient (Wildman–Crippen LogP) is 1.20. The molecular formula is C36H52Na2O9S2. The molecule has 13 heteroatoms.